The van der Waals surface area contributed by atoms with Gasteiger partial charge in [0, 0.05) is 32.2 Å². The molecule has 1 aromatic rings. The molecule has 0 unspecified atom stereocenters. The van der Waals surface area contributed by atoms with E-state index in [-0.39, 0.29) is 6.54 Å². The summed E-state index contributed by atoms with van der Waals surface area (Å²) in [6.07, 6.45) is 1.46. The van der Waals surface area contributed by atoms with E-state index in [2.05, 4.69) is 32.0 Å². The second-order valence-electron chi connectivity index (χ2n) is 4.43. The zero-order valence-electron chi connectivity index (χ0n) is 11.0. The fourth-order valence-electron chi connectivity index (χ4n) is 2.08. The number of nitrogens with zero attached hydrogens (tertiary/aromatic N) is 4. The Labute approximate surface area is 112 Å². The van der Waals surface area contributed by atoms with Gasteiger partial charge in [-0.05, 0) is 6.54 Å². The summed E-state index contributed by atoms with van der Waals surface area (Å²) in [6.45, 7) is 7.01. The van der Waals surface area contributed by atoms with Crippen molar-refractivity contribution in [1.82, 2.24) is 14.9 Å². The van der Waals surface area contributed by atoms with Gasteiger partial charge in [0.15, 0.2) is 0 Å². The number of nitrogens with one attached hydrogen (secondary N) is 1. The van der Waals surface area contributed by atoms with Gasteiger partial charge < -0.3 is 20.2 Å². The number of aliphatic carboxylic acids is 1. The lowest BCUT2D eigenvalue weighted by molar-refractivity contribution is -0.134. The van der Waals surface area contributed by atoms with E-state index < -0.39 is 5.97 Å². The number of hydrogen-bond donors (Lipinski definition) is 2. The SMILES string of the molecule is CCN1CCN(c2cc(NCC(=O)O)ncn2)CC1. The van der Waals surface area contributed by atoms with Crippen LogP contribution in [-0.4, -0.2) is 65.2 Å². The van der Waals surface area contributed by atoms with Crippen LogP contribution in [0.4, 0.5) is 11.6 Å². The third kappa shape index (κ3) is 3.78. The van der Waals surface area contributed by atoms with Crippen molar-refractivity contribution in [1.29, 1.82) is 0 Å². The van der Waals surface area contributed by atoms with Crippen molar-refractivity contribution in [2.45, 2.75) is 6.92 Å². The van der Waals surface area contributed by atoms with E-state index in [1.165, 1.54) is 6.33 Å². The Bertz CT molecular complexity index is 432. The first-order valence-corrected chi connectivity index (χ1v) is 6.44. The topological polar surface area (TPSA) is 81.6 Å². The number of likely N-dealkylation sites (N-methyl/N-ethyl adjacent to an activating group) is 1. The van der Waals surface area contributed by atoms with Crippen molar-refractivity contribution in [2.24, 2.45) is 0 Å². The highest BCUT2D eigenvalue weighted by Crippen LogP contribution is 2.15. The molecule has 1 aliphatic rings. The number of carbonyl (C=O) groups is 1. The Balaban J connectivity index is 1.97. The molecule has 1 fully saturated rings. The zero-order chi connectivity index (χ0) is 13.7. The van der Waals surface area contributed by atoms with Crippen molar-refractivity contribution in [3.05, 3.63) is 12.4 Å². The van der Waals surface area contributed by atoms with E-state index in [0.29, 0.717) is 5.82 Å². The van der Waals surface area contributed by atoms with Crippen molar-refractivity contribution < 1.29 is 9.90 Å². The Hall–Kier alpha value is -1.89. The van der Waals surface area contributed by atoms with Crippen molar-refractivity contribution in [3.8, 4) is 0 Å². The molecule has 19 heavy (non-hydrogen) atoms. The molecule has 0 atom stereocenters. The Kier molecular flexibility index (Phi) is 4.51. The lowest BCUT2D eigenvalue weighted by Crippen LogP contribution is -2.46. The molecule has 2 N–H and O–H groups in total. The minimum absolute atomic E-state index is 0.139. The average Bonchev–Trinajstić information content (AvgIpc) is 2.45. The summed E-state index contributed by atoms with van der Waals surface area (Å²) in [4.78, 5) is 23.4. The smallest absolute Gasteiger partial charge is 0.322 e. The van der Waals surface area contributed by atoms with Gasteiger partial charge >= 0.3 is 5.97 Å². The van der Waals surface area contributed by atoms with E-state index in [1.54, 1.807) is 6.07 Å². The number of anilines is 2. The number of piperazine rings is 1. The van der Waals surface area contributed by atoms with Gasteiger partial charge in [0.2, 0.25) is 0 Å². The lowest BCUT2D eigenvalue weighted by Gasteiger charge is -2.34. The Morgan fingerprint density at radius 1 is 1.37 bits per heavy atom. The molecule has 0 amide bonds. The number of carboxylic acids is 1. The van der Waals surface area contributed by atoms with Crippen LogP contribution in [0.3, 0.4) is 0 Å². The normalized spacial score (nSPS) is 16.4. The molecule has 0 bridgehead atoms. The van der Waals surface area contributed by atoms with E-state index in [9.17, 15) is 4.79 Å². The van der Waals surface area contributed by atoms with Crippen molar-refractivity contribution >= 4 is 17.6 Å². The molecular weight excluding hydrogens is 246 g/mol. The van der Waals surface area contributed by atoms with E-state index in [1.807, 2.05) is 0 Å². The van der Waals surface area contributed by atoms with Crippen LogP contribution in [0.2, 0.25) is 0 Å². The highest BCUT2D eigenvalue weighted by atomic mass is 16.4. The van der Waals surface area contributed by atoms with Gasteiger partial charge in [-0.3, -0.25) is 4.79 Å². The Morgan fingerprint density at radius 2 is 2.11 bits per heavy atom. The first-order chi connectivity index (χ1) is 9.19. The van der Waals surface area contributed by atoms with Gasteiger partial charge in [-0.15, -0.1) is 0 Å². The fourth-order valence-corrected chi connectivity index (χ4v) is 2.08. The first kappa shape index (κ1) is 13.5. The van der Waals surface area contributed by atoms with Crippen LogP contribution in [0.5, 0.6) is 0 Å². The molecule has 1 aliphatic heterocycles. The first-order valence-electron chi connectivity index (χ1n) is 6.44. The van der Waals surface area contributed by atoms with Gasteiger partial charge in [0.1, 0.15) is 24.5 Å². The number of aromatic nitrogens is 2. The molecule has 0 aliphatic carbocycles. The van der Waals surface area contributed by atoms with Crippen LogP contribution < -0.4 is 10.2 Å². The molecule has 0 saturated carbocycles. The molecule has 0 aromatic carbocycles. The molecule has 0 spiro atoms. The summed E-state index contributed by atoms with van der Waals surface area (Å²) in [5.74, 6) is 0.487. The zero-order valence-corrected chi connectivity index (χ0v) is 11.0. The number of hydrogen-bond acceptors (Lipinski definition) is 6. The summed E-state index contributed by atoms with van der Waals surface area (Å²) in [5, 5.41) is 11.4. The highest BCUT2D eigenvalue weighted by molar-refractivity contribution is 5.72. The molecule has 1 saturated heterocycles. The van der Waals surface area contributed by atoms with Crippen LogP contribution in [0.1, 0.15) is 6.92 Å². The van der Waals surface area contributed by atoms with Gasteiger partial charge in [-0.25, -0.2) is 9.97 Å². The number of carboxylic acid groups (broad SMARTS) is 1. The van der Waals surface area contributed by atoms with Gasteiger partial charge in [0.25, 0.3) is 0 Å². The molecule has 104 valence electrons. The number of rotatable bonds is 5. The van der Waals surface area contributed by atoms with E-state index >= 15 is 0 Å². The lowest BCUT2D eigenvalue weighted by atomic mass is 10.3. The molecule has 7 heteroatoms. The van der Waals surface area contributed by atoms with E-state index in [0.717, 1.165) is 38.5 Å². The van der Waals surface area contributed by atoms with Crippen LogP contribution in [-0.2, 0) is 4.79 Å². The summed E-state index contributed by atoms with van der Waals surface area (Å²) in [5.41, 5.74) is 0. The standard InChI is InChI=1S/C12H19N5O2/c1-2-16-3-5-17(6-4-16)11-7-10(14-9-15-11)13-8-12(18)19/h7,9H,2-6,8H2,1H3,(H,18,19)(H,13,14,15). The maximum atomic E-state index is 10.5. The van der Waals surface area contributed by atoms with E-state index in [4.69, 9.17) is 5.11 Å². The molecule has 0 radical (unpaired) electrons. The molecule has 2 rings (SSSR count). The minimum atomic E-state index is -0.906. The molecular formula is C12H19N5O2. The minimum Gasteiger partial charge on any atom is -0.480 e. The van der Waals surface area contributed by atoms with Gasteiger partial charge in [0.05, 0.1) is 0 Å². The predicted octanol–water partition coefficient (Wildman–Crippen LogP) is 0.115. The molecule has 1 aromatic heterocycles. The monoisotopic (exact) mass is 265 g/mol. The Morgan fingerprint density at radius 3 is 2.74 bits per heavy atom. The maximum Gasteiger partial charge on any atom is 0.322 e. The quantitative estimate of drug-likeness (QED) is 0.782. The second kappa shape index (κ2) is 6.33. The van der Waals surface area contributed by atoms with Crippen LogP contribution in [0, 0.1) is 0 Å². The third-order valence-electron chi connectivity index (χ3n) is 3.22. The molecule has 2 heterocycles. The summed E-state index contributed by atoms with van der Waals surface area (Å²) in [6, 6.07) is 1.80. The summed E-state index contributed by atoms with van der Waals surface area (Å²) >= 11 is 0. The van der Waals surface area contributed by atoms with Gasteiger partial charge in [-0.2, -0.15) is 0 Å². The highest BCUT2D eigenvalue weighted by Gasteiger charge is 2.17. The largest absolute Gasteiger partial charge is 0.480 e. The van der Waals surface area contributed by atoms with Crippen LogP contribution in [0.25, 0.3) is 0 Å². The summed E-state index contributed by atoms with van der Waals surface area (Å²) in [7, 11) is 0. The van der Waals surface area contributed by atoms with Crippen LogP contribution in [0.15, 0.2) is 12.4 Å². The average molecular weight is 265 g/mol. The van der Waals surface area contributed by atoms with Gasteiger partial charge in [-0.1, -0.05) is 6.92 Å². The third-order valence-corrected chi connectivity index (χ3v) is 3.22. The fraction of sp³-hybridized carbons (Fsp3) is 0.583. The molecule has 7 nitrogen and oxygen atoms in total. The maximum absolute atomic E-state index is 10.5. The van der Waals surface area contributed by atoms with Crippen molar-refractivity contribution in [3.63, 3.8) is 0 Å². The predicted molar refractivity (Wildman–Crippen MR) is 72.5 cm³/mol. The second-order valence-corrected chi connectivity index (χ2v) is 4.43. The summed E-state index contributed by atoms with van der Waals surface area (Å²) < 4.78 is 0. The van der Waals surface area contributed by atoms with Crippen LogP contribution >= 0.6 is 0 Å². The van der Waals surface area contributed by atoms with Crippen molar-refractivity contribution in [2.75, 3.05) is 49.5 Å².